The van der Waals surface area contributed by atoms with Crippen molar-refractivity contribution in [3.05, 3.63) is 12.4 Å². The second-order valence-corrected chi connectivity index (χ2v) is 7.41. The maximum Gasteiger partial charge on any atom is 0.244 e. The zero-order valence-electron chi connectivity index (χ0n) is 13.4. The van der Waals surface area contributed by atoms with Gasteiger partial charge >= 0.3 is 0 Å². The highest BCUT2D eigenvalue weighted by molar-refractivity contribution is 7.89. The molecule has 128 valence electrons. The van der Waals surface area contributed by atoms with Gasteiger partial charge < -0.3 is 10.1 Å². The molecular formula is C14H22N4O4S. The summed E-state index contributed by atoms with van der Waals surface area (Å²) in [5.41, 5.74) is 0. The molecular weight excluding hydrogens is 320 g/mol. The van der Waals surface area contributed by atoms with Crippen molar-refractivity contribution in [2.45, 2.75) is 38.6 Å². The van der Waals surface area contributed by atoms with E-state index < -0.39 is 16.1 Å². The Labute approximate surface area is 136 Å². The van der Waals surface area contributed by atoms with Crippen molar-refractivity contribution >= 4 is 21.7 Å². The van der Waals surface area contributed by atoms with Crippen molar-refractivity contribution in [3.63, 3.8) is 0 Å². The monoisotopic (exact) mass is 342 g/mol. The normalized spacial score (nSPS) is 19.3. The summed E-state index contributed by atoms with van der Waals surface area (Å²) >= 11 is 0. The molecule has 0 saturated carbocycles. The number of aromatic nitrogens is 2. The van der Waals surface area contributed by atoms with Crippen LogP contribution < -0.4 is 10.1 Å². The number of anilines is 1. The fourth-order valence-corrected chi connectivity index (χ4v) is 4.32. The van der Waals surface area contributed by atoms with E-state index in [1.807, 2.05) is 6.92 Å². The minimum atomic E-state index is -3.41. The Hall–Kier alpha value is -1.74. The SMILES string of the molecule is CCCS(=O)(=O)N1CCCC[C@H]1C(=O)Nc1cnc(OC)cn1. The molecule has 0 bridgehead atoms. The molecule has 8 nitrogen and oxygen atoms in total. The van der Waals surface area contributed by atoms with Gasteiger partial charge in [0, 0.05) is 6.54 Å². The lowest BCUT2D eigenvalue weighted by Crippen LogP contribution is -2.50. The summed E-state index contributed by atoms with van der Waals surface area (Å²) in [4.78, 5) is 20.4. The Kier molecular flexibility index (Phi) is 5.89. The third kappa shape index (κ3) is 4.38. The summed E-state index contributed by atoms with van der Waals surface area (Å²) in [6.07, 6.45) is 5.40. The molecule has 1 aliphatic heterocycles. The van der Waals surface area contributed by atoms with Gasteiger partial charge in [-0.2, -0.15) is 4.31 Å². The number of amides is 1. The number of ether oxygens (including phenoxy) is 1. The van der Waals surface area contributed by atoms with Crippen LogP contribution >= 0.6 is 0 Å². The van der Waals surface area contributed by atoms with Crippen LogP contribution in [-0.4, -0.2) is 54.0 Å². The summed E-state index contributed by atoms with van der Waals surface area (Å²) < 4.78 is 30.9. The number of sulfonamides is 1. The second kappa shape index (κ2) is 7.69. The Morgan fingerprint density at radius 1 is 1.39 bits per heavy atom. The van der Waals surface area contributed by atoms with Crippen LogP contribution in [0.15, 0.2) is 12.4 Å². The Morgan fingerprint density at radius 2 is 2.17 bits per heavy atom. The maximum atomic E-state index is 12.5. The number of nitrogens with one attached hydrogen (secondary N) is 1. The molecule has 0 aliphatic carbocycles. The minimum Gasteiger partial charge on any atom is -0.480 e. The largest absolute Gasteiger partial charge is 0.480 e. The second-order valence-electron chi connectivity index (χ2n) is 5.37. The number of hydrogen-bond acceptors (Lipinski definition) is 6. The van der Waals surface area contributed by atoms with Crippen LogP contribution in [0.25, 0.3) is 0 Å². The van der Waals surface area contributed by atoms with Gasteiger partial charge in [0.15, 0.2) is 5.82 Å². The molecule has 1 aromatic heterocycles. The van der Waals surface area contributed by atoms with Crippen LogP contribution in [0.3, 0.4) is 0 Å². The zero-order chi connectivity index (χ0) is 16.9. The van der Waals surface area contributed by atoms with Crippen LogP contribution in [-0.2, 0) is 14.8 Å². The third-order valence-corrected chi connectivity index (χ3v) is 5.74. The first-order valence-corrected chi connectivity index (χ1v) is 9.25. The lowest BCUT2D eigenvalue weighted by atomic mass is 10.0. The van der Waals surface area contributed by atoms with Crippen molar-refractivity contribution in [2.24, 2.45) is 0 Å². The van der Waals surface area contributed by atoms with E-state index in [4.69, 9.17) is 4.74 Å². The van der Waals surface area contributed by atoms with E-state index in [1.165, 1.54) is 23.8 Å². The molecule has 0 radical (unpaired) electrons. The molecule has 23 heavy (non-hydrogen) atoms. The van der Waals surface area contributed by atoms with Crippen molar-refractivity contribution in [3.8, 4) is 5.88 Å². The molecule has 1 amide bonds. The van der Waals surface area contributed by atoms with Gasteiger partial charge in [-0.05, 0) is 19.3 Å². The highest BCUT2D eigenvalue weighted by atomic mass is 32.2. The highest BCUT2D eigenvalue weighted by Crippen LogP contribution is 2.22. The van der Waals surface area contributed by atoms with Gasteiger partial charge in [0.2, 0.25) is 21.8 Å². The topological polar surface area (TPSA) is 101 Å². The number of carbonyl (C=O) groups excluding carboxylic acids is 1. The summed E-state index contributed by atoms with van der Waals surface area (Å²) in [6.45, 7) is 2.19. The summed E-state index contributed by atoms with van der Waals surface area (Å²) in [7, 11) is -1.94. The molecule has 2 rings (SSSR count). The van der Waals surface area contributed by atoms with Crippen LogP contribution in [0.1, 0.15) is 32.6 Å². The Bertz CT molecular complexity index is 633. The quantitative estimate of drug-likeness (QED) is 0.828. The van der Waals surface area contributed by atoms with Gasteiger partial charge in [-0.1, -0.05) is 13.3 Å². The number of methoxy groups -OCH3 is 1. The summed E-state index contributed by atoms with van der Waals surface area (Å²) in [5.74, 6) is 0.296. The van der Waals surface area contributed by atoms with Crippen molar-refractivity contribution < 1.29 is 17.9 Å². The molecule has 0 spiro atoms. The van der Waals surface area contributed by atoms with Crippen molar-refractivity contribution in [1.29, 1.82) is 0 Å². The average Bonchev–Trinajstić information content (AvgIpc) is 2.55. The van der Waals surface area contributed by atoms with Gasteiger partial charge in [0.25, 0.3) is 0 Å². The van der Waals surface area contributed by atoms with Crippen LogP contribution in [0.2, 0.25) is 0 Å². The van der Waals surface area contributed by atoms with Gasteiger partial charge in [0.05, 0.1) is 25.3 Å². The van der Waals surface area contributed by atoms with Crippen LogP contribution in [0.5, 0.6) is 5.88 Å². The average molecular weight is 342 g/mol. The fraction of sp³-hybridized carbons (Fsp3) is 0.643. The molecule has 1 atom stereocenters. The van der Waals surface area contributed by atoms with E-state index in [0.717, 1.165) is 12.8 Å². The lowest BCUT2D eigenvalue weighted by Gasteiger charge is -2.33. The smallest absolute Gasteiger partial charge is 0.244 e. The third-order valence-electron chi connectivity index (χ3n) is 3.66. The van der Waals surface area contributed by atoms with Crippen LogP contribution in [0, 0.1) is 0 Å². The van der Waals surface area contributed by atoms with Crippen LogP contribution in [0.4, 0.5) is 5.82 Å². The molecule has 1 saturated heterocycles. The van der Waals surface area contributed by atoms with E-state index in [0.29, 0.717) is 25.3 Å². The first-order valence-electron chi connectivity index (χ1n) is 7.64. The van der Waals surface area contributed by atoms with Gasteiger partial charge in [-0.3, -0.25) is 4.79 Å². The van der Waals surface area contributed by atoms with E-state index >= 15 is 0 Å². The molecule has 2 heterocycles. The number of nitrogens with zero attached hydrogens (tertiary/aromatic N) is 3. The first-order chi connectivity index (χ1) is 11.0. The van der Waals surface area contributed by atoms with Gasteiger partial charge in [-0.25, -0.2) is 18.4 Å². The van der Waals surface area contributed by atoms with E-state index in [9.17, 15) is 13.2 Å². The maximum absolute atomic E-state index is 12.5. The highest BCUT2D eigenvalue weighted by Gasteiger charge is 2.36. The van der Waals surface area contributed by atoms with E-state index in [2.05, 4.69) is 15.3 Å². The molecule has 1 fully saturated rings. The molecule has 0 aromatic carbocycles. The number of carbonyl (C=O) groups is 1. The molecule has 9 heteroatoms. The van der Waals surface area contributed by atoms with E-state index in [-0.39, 0.29) is 17.5 Å². The molecule has 1 aromatic rings. The predicted molar refractivity (Wildman–Crippen MR) is 85.6 cm³/mol. The Balaban J connectivity index is 2.11. The molecule has 0 unspecified atom stereocenters. The molecule has 1 aliphatic rings. The summed E-state index contributed by atoms with van der Waals surface area (Å²) in [5, 5.41) is 2.63. The van der Waals surface area contributed by atoms with Crippen molar-refractivity contribution in [2.75, 3.05) is 24.7 Å². The van der Waals surface area contributed by atoms with Crippen molar-refractivity contribution in [1.82, 2.24) is 14.3 Å². The zero-order valence-corrected chi connectivity index (χ0v) is 14.2. The predicted octanol–water partition coefficient (Wildman–Crippen LogP) is 1.02. The standard InChI is InChI=1S/C14H22N4O4S/c1-3-8-23(20,21)18-7-5-4-6-11(18)14(19)17-12-9-16-13(22-2)10-15-12/h9-11H,3-8H2,1-2H3,(H,15,17,19)/t11-/m0/s1. The minimum absolute atomic E-state index is 0.0547. The number of rotatable bonds is 6. The number of piperidine rings is 1. The lowest BCUT2D eigenvalue weighted by molar-refractivity contribution is -0.120. The van der Waals surface area contributed by atoms with Gasteiger partial charge in [0.1, 0.15) is 6.04 Å². The Morgan fingerprint density at radius 3 is 2.78 bits per heavy atom. The molecule has 1 N–H and O–H groups in total. The summed E-state index contributed by atoms with van der Waals surface area (Å²) in [6, 6.07) is -0.691. The van der Waals surface area contributed by atoms with Gasteiger partial charge in [-0.15, -0.1) is 0 Å². The fourth-order valence-electron chi connectivity index (χ4n) is 2.57. The first kappa shape index (κ1) is 17.6. The van der Waals surface area contributed by atoms with E-state index in [1.54, 1.807) is 0 Å². The number of hydrogen-bond donors (Lipinski definition) is 1.